The quantitative estimate of drug-likeness (QED) is 0.435. The maximum atomic E-state index is 10.4. The summed E-state index contributed by atoms with van der Waals surface area (Å²) in [5.74, 6) is 0. The molecule has 4 heteroatoms. The third-order valence-electron chi connectivity index (χ3n) is 1.87. The number of rotatable bonds is 4. The summed E-state index contributed by atoms with van der Waals surface area (Å²) in [5, 5.41) is 10.9. The maximum absolute atomic E-state index is 10.4. The summed E-state index contributed by atoms with van der Waals surface area (Å²) < 4.78 is 0. The van der Waals surface area contributed by atoms with Gasteiger partial charge >= 0.3 is 0 Å². The number of nitro benzene ring substituents is 1. The SMILES string of the molecule is C=CCCc1ccc([N+](=O)[O-])cc1Cl. The van der Waals surface area contributed by atoms with Gasteiger partial charge in [0.05, 0.1) is 9.95 Å². The molecule has 3 nitrogen and oxygen atoms in total. The number of benzene rings is 1. The predicted octanol–water partition coefficient (Wildman–Crippen LogP) is 3.37. The number of allylic oxidation sites excluding steroid dienone is 1. The van der Waals surface area contributed by atoms with E-state index >= 15 is 0 Å². The molecular formula is C10H10ClNO2. The highest BCUT2D eigenvalue weighted by molar-refractivity contribution is 6.31. The van der Waals surface area contributed by atoms with Crippen molar-refractivity contribution in [3.05, 3.63) is 51.6 Å². The van der Waals surface area contributed by atoms with Crippen LogP contribution in [0.2, 0.25) is 5.02 Å². The second kappa shape index (κ2) is 4.77. The number of non-ortho nitro benzene ring substituents is 1. The Kier molecular flexibility index (Phi) is 3.65. The second-order valence-corrected chi connectivity index (χ2v) is 3.27. The summed E-state index contributed by atoms with van der Waals surface area (Å²) in [6, 6.07) is 4.52. The van der Waals surface area contributed by atoms with E-state index in [1.165, 1.54) is 12.1 Å². The monoisotopic (exact) mass is 211 g/mol. The van der Waals surface area contributed by atoms with Crippen LogP contribution in [0, 0.1) is 10.1 Å². The molecule has 0 radical (unpaired) electrons. The van der Waals surface area contributed by atoms with Crippen LogP contribution in [0.25, 0.3) is 0 Å². The van der Waals surface area contributed by atoms with Crippen molar-refractivity contribution in [2.24, 2.45) is 0 Å². The molecule has 74 valence electrons. The Bertz CT molecular complexity index is 363. The number of hydrogen-bond acceptors (Lipinski definition) is 2. The van der Waals surface area contributed by atoms with Crippen molar-refractivity contribution in [3.8, 4) is 0 Å². The van der Waals surface area contributed by atoms with Gasteiger partial charge in [0.2, 0.25) is 0 Å². The molecule has 0 heterocycles. The van der Waals surface area contributed by atoms with Gasteiger partial charge in [0, 0.05) is 12.1 Å². The highest BCUT2D eigenvalue weighted by Crippen LogP contribution is 2.23. The molecule has 0 N–H and O–H groups in total. The van der Waals surface area contributed by atoms with Crippen molar-refractivity contribution in [1.82, 2.24) is 0 Å². The average molecular weight is 212 g/mol. The number of halogens is 1. The zero-order chi connectivity index (χ0) is 10.6. The normalized spacial score (nSPS) is 9.79. The summed E-state index contributed by atoms with van der Waals surface area (Å²) in [6.45, 7) is 3.60. The first-order valence-electron chi connectivity index (χ1n) is 4.19. The minimum Gasteiger partial charge on any atom is -0.258 e. The van der Waals surface area contributed by atoms with Crippen molar-refractivity contribution < 1.29 is 4.92 Å². The molecule has 14 heavy (non-hydrogen) atoms. The van der Waals surface area contributed by atoms with E-state index in [4.69, 9.17) is 11.6 Å². The standard InChI is InChI=1S/C10H10ClNO2/c1-2-3-4-8-5-6-9(12(13)14)7-10(8)11/h2,5-7H,1,3-4H2. The van der Waals surface area contributed by atoms with Crippen molar-refractivity contribution in [1.29, 1.82) is 0 Å². The van der Waals surface area contributed by atoms with Gasteiger partial charge in [-0.25, -0.2) is 0 Å². The highest BCUT2D eigenvalue weighted by Gasteiger charge is 2.08. The Morgan fingerprint density at radius 3 is 2.79 bits per heavy atom. The Balaban J connectivity index is 2.89. The lowest BCUT2D eigenvalue weighted by molar-refractivity contribution is -0.384. The minimum atomic E-state index is -0.455. The molecule has 0 fully saturated rings. The summed E-state index contributed by atoms with van der Waals surface area (Å²) >= 11 is 5.87. The molecule has 0 amide bonds. The molecule has 1 aromatic carbocycles. The number of nitrogens with zero attached hydrogens (tertiary/aromatic N) is 1. The average Bonchev–Trinajstić information content (AvgIpc) is 2.15. The molecule has 0 aliphatic rings. The van der Waals surface area contributed by atoms with Gasteiger partial charge in [-0.05, 0) is 18.4 Å². The van der Waals surface area contributed by atoms with E-state index in [9.17, 15) is 10.1 Å². The molecule has 0 aliphatic carbocycles. The fraction of sp³-hybridized carbons (Fsp3) is 0.200. The van der Waals surface area contributed by atoms with E-state index in [0.29, 0.717) is 5.02 Å². The van der Waals surface area contributed by atoms with E-state index in [0.717, 1.165) is 18.4 Å². The van der Waals surface area contributed by atoms with Crippen LogP contribution in [0.3, 0.4) is 0 Å². The second-order valence-electron chi connectivity index (χ2n) is 2.86. The molecule has 0 spiro atoms. The van der Waals surface area contributed by atoms with Crippen molar-refractivity contribution in [3.63, 3.8) is 0 Å². The van der Waals surface area contributed by atoms with Gasteiger partial charge in [0.25, 0.3) is 5.69 Å². The Morgan fingerprint density at radius 2 is 2.29 bits per heavy atom. The van der Waals surface area contributed by atoms with Crippen LogP contribution in [-0.2, 0) is 6.42 Å². The molecule has 0 atom stereocenters. The Morgan fingerprint density at radius 1 is 1.57 bits per heavy atom. The lowest BCUT2D eigenvalue weighted by Crippen LogP contribution is -1.90. The van der Waals surface area contributed by atoms with Gasteiger partial charge in [-0.1, -0.05) is 23.7 Å². The van der Waals surface area contributed by atoms with Crippen molar-refractivity contribution >= 4 is 17.3 Å². The Labute approximate surface area is 87.2 Å². The van der Waals surface area contributed by atoms with Crippen LogP contribution in [0.15, 0.2) is 30.9 Å². The lowest BCUT2D eigenvalue weighted by Gasteiger charge is -2.01. The first kappa shape index (κ1) is 10.7. The fourth-order valence-corrected chi connectivity index (χ4v) is 1.38. The number of aryl methyl sites for hydroxylation is 1. The first-order chi connectivity index (χ1) is 6.65. The first-order valence-corrected chi connectivity index (χ1v) is 4.56. The molecule has 0 aromatic heterocycles. The summed E-state index contributed by atoms with van der Waals surface area (Å²) in [6.07, 6.45) is 3.37. The van der Waals surface area contributed by atoms with E-state index in [1.807, 2.05) is 0 Å². The van der Waals surface area contributed by atoms with Crippen LogP contribution >= 0.6 is 11.6 Å². The minimum absolute atomic E-state index is 0.0253. The molecule has 0 saturated heterocycles. The van der Waals surface area contributed by atoms with Crippen LogP contribution < -0.4 is 0 Å². The largest absolute Gasteiger partial charge is 0.270 e. The van der Waals surface area contributed by atoms with Crippen LogP contribution in [-0.4, -0.2) is 4.92 Å². The van der Waals surface area contributed by atoms with Gasteiger partial charge in [-0.15, -0.1) is 6.58 Å². The van der Waals surface area contributed by atoms with E-state index < -0.39 is 4.92 Å². The highest BCUT2D eigenvalue weighted by atomic mass is 35.5. The zero-order valence-electron chi connectivity index (χ0n) is 7.57. The molecular weight excluding hydrogens is 202 g/mol. The summed E-state index contributed by atoms with van der Waals surface area (Å²) in [7, 11) is 0. The van der Waals surface area contributed by atoms with Crippen LogP contribution in [0.4, 0.5) is 5.69 Å². The molecule has 1 rings (SSSR count). The van der Waals surface area contributed by atoms with Gasteiger partial charge < -0.3 is 0 Å². The lowest BCUT2D eigenvalue weighted by atomic mass is 10.1. The van der Waals surface area contributed by atoms with E-state index in [2.05, 4.69) is 6.58 Å². The summed E-state index contributed by atoms with van der Waals surface area (Å²) in [5.41, 5.74) is 0.939. The molecule has 0 unspecified atom stereocenters. The third-order valence-corrected chi connectivity index (χ3v) is 2.22. The van der Waals surface area contributed by atoms with E-state index in [-0.39, 0.29) is 5.69 Å². The fourth-order valence-electron chi connectivity index (χ4n) is 1.11. The zero-order valence-corrected chi connectivity index (χ0v) is 8.33. The van der Waals surface area contributed by atoms with Crippen LogP contribution in [0.5, 0.6) is 0 Å². The smallest absolute Gasteiger partial charge is 0.258 e. The molecule has 0 bridgehead atoms. The van der Waals surface area contributed by atoms with Gasteiger partial charge in [0.15, 0.2) is 0 Å². The molecule has 1 aromatic rings. The topological polar surface area (TPSA) is 43.1 Å². The van der Waals surface area contributed by atoms with Gasteiger partial charge in [0.1, 0.15) is 0 Å². The number of nitro groups is 1. The Hall–Kier alpha value is -1.35. The predicted molar refractivity (Wildman–Crippen MR) is 56.6 cm³/mol. The molecule has 0 aliphatic heterocycles. The van der Waals surface area contributed by atoms with E-state index in [1.54, 1.807) is 12.1 Å². The molecule has 0 saturated carbocycles. The van der Waals surface area contributed by atoms with Crippen molar-refractivity contribution in [2.45, 2.75) is 12.8 Å². The third kappa shape index (κ3) is 2.57. The van der Waals surface area contributed by atoms with Crippen molar-refractivity contribution in [2.75, 3.05) is 0 Å². The van der Waals surface area contributed by atoms with Crippen LogP contribution in [0.1, 0.15) is 12.0 Å². The summed E-state index contributed by atoms with van der Waals surface area (Å²) in [4.78, 5) is 9.95. The maximum Gasteiger partial charge on any atom is 0.270 e. The number of hydrogen-bond donors (Lipinski definition) is 0. The van der Waals surface area contributed by atoms with Gasteiger partial charge in [-0.3, -0.25) is 10.1 Å². The van der Waals surface area contributed by atoms with Gasteiger partial charge in [-0.2, -0.15) is 0 Å².